The Morgan fingerprint density at radius 1 is 1.44 bits per heavy atom. The molecule has 18 heavy (non-hydrogen) atoms. The molecule has 1 heterocycles. The second-order valence-corrected chi connectivity index (χ2v) is 4.75. The van der Waals surface area contributed by atoms with Gasteiger partial charge in [0.25, 0.3) is 0 Å². The molecule has 0 unspecified atom stereocenters. The molecule has 1 aliphatic rings. The van der Waals surface area contributed by atoms with Crippen LogP contribution in [0.5, 0.6) is 11.5 Å². The van der Waals surface area contributed by atoms with Gasteiger partial charge in [0.1, 0.15) is 17.3 Å². The maximum atomic E-state index is 11.3. The molecule has 3 heteroatoms. The van der Waals surface area contributed by atoms with Gasteiger partial charge in [-0.3, -0.25) is 4.79 Å². The minimum Gasteiger partial charge on any atom is -0.493 e. The minimum atomic E-state index is 0.160. The minimum absolute atomic E-state index is 0.160. The van der Waals surface area contributed by atoms with Gasteiger partial charge in [0.2, 0.25) is 0 Å². The lowest BCUT2D eigenvalue weighted by Gasteiger charge is -2.20. The fourth-order valence-corrected chi connectivity index (χ4v) is 2.18. The number of hydrogen-bond donors (Lipinski definition) is 0. The van der Waals surface area contributed by atoms with Crippen LogP contribution in [0.1, 0.15) is 37.8 Å². The number of aryl methyl sites for hydroxylation is 1. The highest BCUT2D eigenvalue weighted by molar-refractivity contribution is 5.79. The molecule has 2 rings (SSSR count). The zero-order valence-electron chi connectivity index (χ0n) is 11.1. The van der Waals surface area contributed by atoms with Crippen molar-refractivity contribution in [3.8, 4) is 11.5 Å². The lowest BCUT2D eigenvalue weighted by Crippen LogP contribution is -2.11. The van der Waals surface area contributed by atoms with Gasteiger partial charge in [-0.2, -0.15) is 0 Å². The largest absolute Gasteiger partial charge is 0.493 e. The molecule has 1 aliphatic heterocycles. The number of carbonyl (C=O) groups is 1. The molecule has 0 radical (unpaired) electrons. The van der Waals surface area contributed by atoms with Crippen molar-refractivity contribution in [1.82, 2.24) is 0 Å². The van der Waals surface area contributed by atoms with Gasteiger partial charge in [0.05, 0.1) is 13.2 Å². The summed E-state index contributed by atoms with van der Waals surface area (Å²) in [5.74, 6) is 1.88. The molecule has 1 aromatic carbocycles. The lowest BCUT2D eigenvalue weighted by molar-refractivity contribution is -0.116. The predicted octanol–water partition coefficient (Wildman–Crippen LogP) is 2.93. The van der Waals surface area contributed by atoms with Gasteiger partial charge in [-0.1, -0.05) is 6.92 Å². The van der Waals surface area contributed by atoms with Crippen LogP contribution in [0.4, 0.5) is 0 Å². The molecule has 3 nitrogen and oxygen atoms in total. The molecule has 0 saturated carbocycles. The van der Waals surface area contributed by atoms with E-state index in [1.165, 1.54) is 5.56 Å². The van der Waals surface area contributed by atoms with E-state index in [2.05, 4.69) is 13.0 Å². The van der Waals surface area contributed by atoms with Crippen LogP contribution in [0.3, 0.4) is 0 Å². The summed E-state index contributed by atoms with van der Waals surface area (Å²) in [6.45, 7) is 5.12. The Labute approximate surface area is 108 Å². The summed E-state index contributed by atoms with van der Waals surface area (Å²) in [6.07, 6.45) is 3.46. The summed E-state index contributed by atoms with van der Waals surface area (Å²) in [5, 5.41) is 0. The van der Waals surface area contributed by atoms with Gasteiger partial charge < -0.3 is 9.47 Å². The van der Waals surface area contributed by atoms with Crippen LogP contribution in [-0.4, -0.2) is 19.0 Å². The van der Waals surface area contributed by atoms with E-state index in [0.29, 0.717) is 13.0 Å². The fraction of sp³-hybridized carbons (Fsp3) is 0.533. The van der Waals surface area contributed by atoms with Crippen molar-refractivity contribution in [2.45, 2.75) is 39.5 Å². The number of carbonyl (C=O) groups excluding carboxylic acids is 1. The van der Waals surface area contributed by atoms with Crippen LogP contribution in [0, 0.1) is 0 Å². The highest BCUT2D eigenvalue weighted by Gasteiger charge is 2.16. The zero-order valence-corrected chi connectivity index (χ0v) is 11.1. The number of ether oxygens (including phenoxy) is 2. The molecule has 0 bridgehead atoms. The molecule has 1 aromatic rings. The summed E-state index contributed by atoms with van der Waals surface area (Å²) in [4.78, 5) is 11.3. The molecule has 0 atom stereocenters. The Morgan fingerprint density at radius 3 is 3.00 bits per heavy atom. The van der Waals surface area contributed by atoms with Crippen molar-refractivity contribution in [2.24, 2.45) is 0 Å². The van der Waals surface area contributed by atoms with E-state index in [0.717, 1.165) is 42.9 Å². The molecule has 0 aliphatic carbocycles. The monoisotopic (exact) mass is 248 g/mol. The first kappa shape index (κ1) is 12.9. The quantitative estimate of drug-likeness (QED) is 0.803. The van der Waals surface area contributed by atoms with Crippen molar-refractivity contribution in [3.05, 3.63) is 23.3 Å². The van der Waals surface area contributed by atoms with Gasteiger partial charge in [-0.15, -0.1) is 0 Å². The third kappa shape index (κ3) is 3.03. The van der Waals surface area contributed by atoms with E-state index in [-0.39, 0.29) is 5.78 Å². The standard InChI is InChI=1S/C15H20O3/c1-3-6-17-15-10-14-12(5-4-7-18-14)9-13(15)8-11(2)16/h9-10H,3-8H2,1-2H3. The van der Waals surface area contributed by atoms with Gasteiger partial charge >= 0.3 is 0 Å². The molecule has 0 aromatic heterocycles. The highest BCUT2D eigenvalue weighted by Crippen LogP contribution is 2.33. The Morgan fingerprint density at radius 2 is 2.28 bits per heavy atom. The van der Waals surface area contributed by atoms with E-state index in [1.807, 2.05) is 6.07 Å². The Hall–Kier alpha value is -1.51. The van der Waals surface area contributed by atoms with Crippen molar-refractivity contribution in [3.63, 3.8) is 0 Å². The van der Waals surface area contributed by atoms with Gasteiger partial charge in [0.15, 0.2) is 0 Å². The van der Waals surface area contributed by atoms with Crippen molar-refractivity contribution in [2.75, 3.05) is 13.2 Å². The summed E-state index contributed by atoms with van der Waals surface area (Å²) in [7, 11) is 0. The maximum Gasteiger partial charge on any atom is 0.134 e. The maximum absolute atomic E-state index is 11.3. The predicted molar refractivity (Wildman–Crippen MR) is 70.4 cm³/mol. The van der Waals surface area contributed by atoms with Crippen LogP contribution < -0.4 is 9.47 Å². The van der Waals surface area contributed by atoms with Crippen molar-refractivity contribution >= 4 is 5.78 Å². The summed E-state index contributed by atoms with van der Waals surface area (Å²) in [6, 6.07) is 4.02. The second-order valence-electron chi connectivity index (χ2n) is 4.75. The zero-order chi connectivity index (χ0) is 13.0. The third-order valence-electron chi connectivity index (χ3n) is 2.99. The number of ketones is 1. The normalized spacial score (nSPS) is 13.7. The summed E-state index contributed by atoms with van der Waals surface area (Å²) < 4.78 is 11.4. The second kappa shape index (κ2) is 5.89. The molecule has 0 amide bonds. The van der Waals surface area contributed by atoms with Gasteiger partial charge in [-0.25, -0.2) is 0 Å². The highest BCUT2D eigenvalue weighted by atomic mass is 16.5. The third-order valence-corrected chi connectivity index (χ3v) is 2.99. The molecule has 0 saturated heterocycles. The first-order valence-electron chi connectivity index (χ1n) is 6.61. The van der Waals surface area contributed by atoms with E-state index < -0.39 is 0 Å². The Kier molecular flexibility index (Phi) is 4.24. The molecule has 0 spiro atoms. The number of fused-ring (bicyclic) bond motifs is 1. The van der Waals surface area contributed by atoms with Crippen LogP contribution in [0.15, 0.2) is 12.1 Å². The van der Waals surface area contributed by atoms with Crippen molar-refractivity contribution < 1.29 is 14.3 Å². The van der Waals surface area contributed by atoms with E-state index >= 15 is 0 Å². The van der Waals surface area contributed by atoms with Crippen LogP contribution in [-0.2, 0) is 17.6 Å². The topological polar surface area (TPSA) is 35.5 Å². The molecule has 98 valence electrons. The molecular weight excluding hydrogens is 228 g/mol. The summed E-state index contributed by atoms with van der Waals surface area (Å²) >= 11 is 0. The average molecular weight is 248 g/mol. The molecule has 0 fully saturated rings. The van der Waals surface area contributed by atoms with Crippen LogP contribution >= 0.6 is 0 Å². The first-order chi connectivity index (χ1) is 8.70. The fourth-order valence-electron chi connectivity index (χ4n) is 2.18. The molecule has 0 N–H and O–H groups in total. The number of Topliss-reactive ketones (excluding diaryl/α,β-unsaturated/α-hetero) is 1. The Balaban J connectivity index is 2.30. The first-order valence-corrected chi connectivity index (χ1v) is 6.61. The number of benzene rings is 1. The van der Waals surface area contributed by atoms with E-state index in [4.69, 9.17) is 9.47 Å². The number of hydrogen-bond acceptors (Lipinski definition) is 3. The van der Waals surface area contributed by atoms with Gasteiger partial charge in [0, 0.05) is 18.1 Å². The Bertz CT molecular complexity index is 438. The van der Waals surface area contributed by atoms with E-state index in [9.17, 15) is 4.79 Å². The number of rotatable bonds is 5. The SMILES string of the molecule is CCCOc1cc2c(cc1CC(C)=O)CCCO2. The van der Waals surface area contributed by atoms with Crippen LogP contribution in [0.2, 0.25) is 0 Å². The average Bonchev–Trinajstić information content (AvgIpc) is 2.35. The van der Waals surface area contributed by atoms with Crippen molar-refractivity contribution in [1.29, 1.82) is 0 Å². The van der Waals surface area contributed by atoms with E-state index in [1.54, 1.807) is 6.92 Å². The summed E-state index contributed by atoms with van der Waals surface area (Å²) in [5.41, 5.74) is 2.18. The lowest BCUT2D eigenvalue weighted by atomic mass is 10.00. The van der Waals surface area contributed by atoms with Crippen LogP contribution in [0.25, 0.3) is 0 Å². The molecular formula is C15H20O3. The smallest absolute Gasteiger partial charge is 0.134 e. The van der Waals surface area contributed by atoms with Gasteiger partial charge in [-0.05, 0) is 37.8 Å².